The van der Waals surface area contributed by atoms with E-state index < -0.39 is 59.6 Å². The first-order valence-electron chi connectivity index (χ1n) is 7.87. The Morgan fingerprint density at radius 1 is 1.32 bits per heavy atom. The number of ether oxygens (including phenoxy) is 1. The Morgan fingerprint density at radius 2 is 1.94 bits per heavy atom. The molecule has 2 unspecified atom stereocenters. The first-order valence-corrected chi connectivity index (χ1v) is 12.4. The first-order chi connectivity index (χ1) is 13.9. The number of nitriles is 1. The van der Waals surface area contributed by atoms with Crippen LogP contribution in [-0.4, -0.2) is 52.5 Å². The number of hydrogen-bond acceptors (Lipinski definition) is 12. The van der Waals surface area contributed by atoms with E-state index in [1.165, 1.54) is 0 Å². The molecule has 0 amide bonds. The molecule has 0 aromatic carbocycles. The van der Waals surface area contributed by atoms with Gasteiger partial charge in [-0.1, -0.05) is 0 Å². The van der Waals surface area contributed by atoms with E-state index >= 15 is 0 Å². The van der Waals surface area contributed by atoms with E-state index in [1.54, 1.807) is 6.07 Å². The molecule has 1 saturated heterocycles. The van der Waals surface area contributed by atoms with Crippen molar-refractivity contribution in [3.05, 3.63) is 22.7 Å². The molecule has 31 heavy (non-hydrogen) atoms. The Morgan fingerprint density at radius 3 is 2.45 bits per heavy atom. The van der Waals surface area contributed by atoms with Crippen molar-refractivity contribution < 1.29 is 56.3 Å². The summed E-state index contributed by atoms with van der Waals surface area (Å²) in [6.07, 6.45) is -0.746. The van der Waals surface area contributed by atoms with E-state index in [-0.39, 0.29) is 5.82 Å². The lowest BCUT2D eigenvalue weighted by molar-refractivity contribution is -0.145. The lowest BCUT2D eigenvalue weighted by Gasteiger charge is -2.33. The van der Waals surface area contributed by atoms with Crippen LogP contribution in [0.15, 0.2) is 17.1 Å². The van der Waals surface area contributed by atoms with Crippen LogP contribution in [0, 0.1) is 11.3 Å². The second-order valence-electron chi connectivity index (χ2n) is 6.37. The van der Waals surface area contributed by atoms with Crippen molar-refractivity contribution in [2.45, 2.75) is 30.8 Å². The number of nitrogens with zero attached hydrogens (tertiary/aromatic N) is 3. The van der Waals surface area contributed by atoms with Crippen LogP contribution in [0.4, 0.5) is 5.82 Å². The quantitative estimate of drug-likeness (QED) is 0.228. The summed E-state index contributed by atoms with van der Waals surface area (Å²) in [5, 5.41) is 20.3. The van der Waals surface area contributed by atoms with Gasteiger partial charge >= 0.3 is 29.2 Å². The van der Waals surface area contributed by atoms with Gasteiger partial charge in [-0.3, -0.25) is 9.09 Å². The zero-order chi connectivity index (χ0) is 23.9. The van der Waals surface area contributed by atoms with Crippen molar-refractivity contribution in [3.63, 3.8) is 0 Å². The van der Waals surface area contributed by atoms with Crippen LogP contribution in [0.25, 0.3) is 0 Å². The molecular weight excluding hydrogens is 489 g/mol. The van der Waals surface area contributed by atoms with E-state index in [4.69, 9.17) is 25.2 Å². The highest BCUT2D eigenvalue weighted by Crippen LogP contribution is 2.66. The Balaban J connectivity index is 2.19. The van der Waals surface area contributed by atoms with E-state index in [2.05, 4.69) is 18.1 Å². The fourth-order valence-corrected chi connectivity index (χ4v) is 5.79. The molecule has 1 aliphatic heterocycles. The minimum Gasteiger partial charge on any atom is -0.384 e. The van der Waals surface area contributed by atoms with Gasteiger partial charge in [0.2, 0.25) is 0 Å². The van der Waals surface area contributed by atoms with Crippen LogP contribution in [0.3, 0.4) is 0 Å². The van der Waals surface area contributed by atoms with Crippen LogP contribution < -0.4 is 11.4 Å². The van der Waals surface area contributed by atoms with Crippen molar-refractivity contribution >= 4 is 29.3 Å². The Hall–Kier alpha value is -1.50. The maximum Gasteiger partial charge on any atom is 0.490 e. The smallest absolute Gasteiger partial charge is 0.384 e. The van der Waals surface area contributed by atoms with Gasteiger partial charge < -0.3 is 35.2 Å². The van der Waals surface area contributed by atoms with Gasteiger partial charge in [0, 0.05) is 12.6 Å². The minimum absolute atomic E-state index is 0.170. The topological polar surface area (TPSA) is 274 Å². The van der Waals surface area contributed by atoms with Gasteiger partial charge in [0.25, 0.3) is 5.72 Å². The van der Waals surface area contributed by atoms with Gasteiger partial charge in [0.1, 0.15) is 17.5 Å². The molecule has 1 aromatic rings. The molecule has 7 N–H and O–H groups in total. The number of nitrogen functional groups attached to an aromatic ring is 1. The normalized spacial score (nSPS) is 30.3. The van der Waals surface area contributed by atoms with Gasteiger partial charge in [0.15, 0.2) is 0 Å². The Labute approximate surface area is 173 Å². The second kappa shape index (κ2) is 8.45. The molecule has 1 aliphatic rings. The molecule has 174 valence electrons. The number of phosphoric acid groups is 3. The fourth-order valence-electron chi connectivity index (χ4n) is 2.74. The summed E-state index contributed by atoms with van der Waals surface area (Å²) in [5.41, 5.74) is -0.0761. The molecule has 2 heterocycles. The Kier molecular flexibility index (Phi) is 7.02. The highest BCUT2D eigenvalue weighted by atomic mass is 31.3. The number of aromatic nitrogens is 2. The molecule has 1 aromatic heterocycles. The van der Waals surface area contributed by atoms with Gasteiger partial charge in [-0.25, -0.2) is 18.5 Å². The monoisotopic (exact) mass is 506 g/mol. The predicted molar refractivity (Wildman–Crippen MR) is 96.4 cm³/mol. The zero-order valence-electron chi connectivity index (χ0n) is 15.4. The average Bonchev–Trinajstić information content (AvgIpc) is 2.80. The Bertz CT molecular complexity index is 1090. The lowest BCUT2D eigenvalue weighted by atomic mass is 9.91. The summed E-state index contributed by atoms with van der Waals surface area (Å²) in [4.78, 5) is 51.2. The van der Waals surface area contributed by atoms with Crippen molar-refractivity contribution in [1.82, 2.24) is 9.55 Å². The van der Waals surface area contributed by atoms with E-state index in [1.807, 2.05) is 0 Å². The number of anilines is 1. The third-order valence-electron chi connectivity index (χ3n) is 3.85. The van der Waals surface area contributed by atoms with Gasteiger partial charge in [-0.15, -0.1) is 0 Å². The highest BCUT2D eigenvalue weighted by Gasteiger charge is 2.60. The third-order valence-corrected chi connectivity index (χ3v) is 7.65. The summed E-state index contributed by atoms with van der Waals surface area (Å²) in [6.45, 7) is 0.199. The summed E-state index contributed by atoms with van der Waals surface area (Å²) < 4.78 is 51.4. The number of phosphoric ester groups is 1. The van der Waals surface area contributed by atoms with Crippen molar-refractivity contribution in [2.24, 2.45) is 0 Å². The molecule has 1 fully saturated rings. The van der Waals surface area contributed by atoms with E-state index in [9.17, 15) is 33.8 Å². The summed E-state index contributed by atoms with van der Waals surface area (Å²) in [5.74, 6) is -0.170. The van der Waals surface area contributed by atoms with E-state index in [0.717, 1.165) is 19.2 Å². The lowest BCUT2D eigenvalue weighted by Crippen LogP contribution is -2.54. The second-order valence-corrected chi connectivity index (χ2v) is 10.8. The van der Waals surface area contributed by atoms with Gasteiger partial charge in [0.05, 0.1) is 12.7 Å². The maximum absolute atomic E-state index is 12.1. The van der Waals surface area contributed by atoms with Crippen LogP contribution in [-0.2, 0) is 37.3 Å². The van der Waals surface area contributed by atoms with Crippen molar-refractivity contribution in [3.8, 4) is 6.07 Å². The molecule has 5 atom stereocenters. The number of nitrogens with two attached hydrogens (primary N) is 1. The standard InChI is InChI=1S/C11H17N4O13P3/c1-10(17)4-7(5-25-30(21,22)28-31(23,24)27-29(18,19)20)26-11(10,6-12)15-3-2-8(13)14-9(15)16/h2-3,7,17H,4-5H2,1H3,(H,21,22)(H,23,24)(H2,13,14,16)(H2,18,19,20)/t7-,10+,11+/m0/s1. The van der Waals surface area contributed by atoms with Crippen molar-refractivity contribution in [1.29, 1.82) is 5.26 Å². The maximum atomic E-state index is 12.1. The summed E-state index contributed by atoms with van der Waals surface area (Å²) in [6, 6.07) is 2.79. The molecule has 20 heteroatoms. The molecule has 0 saturated carbocycles. The summed E-state index contributed by atoms with van der Waals surface area (Å²) in [7, 11) is -16.7. The predicted octanol–water partition coefficient (Wildman–Crippen LogP) is -1.11. The zero-order valence-corrected chi connectivity index (χ0v) is 18.1. The molecule has 0 bridgehead atoms. The highest BCUT2D eigenvalue weighted by molar-refractivity contribution is 7.66. The molecule has 0 aliphatic carbocycles. The molecular formula is C11H17N4O13P3. The number of aliphatic hydroxyl groups is 1. The molecule has 0 radical (unpaired) electrons. The number of hydrogen-bond donors (Lipinski definition) is 6. The van der Waals surface area contributed by atoms with Crippen LogP contribution >= 0.6 is 23.5 Å². The third kappa shape index (κ3) is 6.05. The first kappa shape index (κ1) is 25.8. The van der Waals surface area contributed by atoms with E-state index in [0.29, 0.717) is 4.57 Å². The van der Waals surface area contributed by atoms with Crippen molar-refractivity contribution in [2.75, 3.05) is 12.3 Å². The molecule has 0 spiro atoms. The average molecular weight is 506 g/mol. The van der Waals surface area contributed by atoms with Gasteiger partial charge in [-0.05, 0) is 13.0 Å². The van der Waals surface area contributed by atoms with Crippen LogP contribution in [0.1, 0.15) is 13.3 Å². The fraction of sp³-hybridized carbons (Fsp3) is 0.545. The summed E-state index contributed by atoms with van der Waals surface area (Å²) >= 11 is 0. The molecule has 2 rings (SSSR count). The minimum atomic E-state index is -5.72. The largest absolute Gasteiger partial charge is 0.490 e. The molecule has 17 nitrogen and oxygen atoms in total. The number of rotatable bonds is 8. The van der Waals surface area contributed by atoms with Crippen LogP contribution in [0.2, 0.25) is 0 Å². The van der Waals surface area contributed by atoms with Gasteiger partial charge in [-0.2, -0.15) is 18.9 Å². The van der Waals surface area contributed by atoms with Crippen LogP contribution in [0.5, 0.6) is 0 Å². The SMILES string of the molecule is C[C@@]1(O)C[C@@H](COP(=O)(O)OP(=O)(O)OP(=O)(O)O)O[C@@]1(C#N)n1ccc(N)nc1=O.